The number of benzene rings is 4. The van der Waals surface area contributed by atoms with Crippen LogP contribution in [0.5, 0.6) is 0 Å². The molecule has 1 atom stereocenters. The Morgan fingerprint density at radius 3 is 2.29 bits per heavy atom. The molecule has 0 spiro atoms. The number of aromatic nitrogens is 2. The first-order chi connectivity index (χ1) is 23.6. The Morgan fingerprint density at radius 2 is 1.63 bits per heavy atom. The predicted octanol–water partition coefficient (Wildman–Crippen LogP) is 6.57. The monoisotopic (exact) mass is 700 g/mol. The number of carbonyl (C=O) groups excluding carboxylic acids is 2. The second-order valence-corrected chi connectivity index (χ2v) is 13.9. The fourth-order valence-electron chi connectivity index (χ4n) is 5.17. The molecule has 12 heteroatoms. The Balaban J connectivity index is 1.47. The molecule has 4 aromatic carbocycles. The normalized spacial score (nSPS) is 12.3. The number of thioether (sulfide) groups is 1. The van der Waals surface area contributed by atoms with Crippen LogP contribution in [0.3, 0.4) is 0 Å². The minimum Gasteiger partial charge on any atom is -0.340 e. The number of amides is 2. The molecule has 252 valence electrons. The van der Waals surface area contributed by atoms with Crippen molar-refractivity contribution in [3.05, 3.63) is 150 Å². The Kier molecular flexibility index (Phi) is 11.8. The van der Waals surface area contributed by atoms with E-state index in [-0.39, 0.29) is 17.8 Å². The average Bonchev–Trinajstić information content (AvgIpc) is 3.60. The molecular formula is C37H34F2N4O4S2. The van der Waals surface area contributed by atoms with E-state index in [1.807, 2.05) is 23.1 Å². The SMILES string of the molecule is CSCCC(NC(=O)c1ccc(/C=C(\Cn2ccnc2)c2ccc(F)cc2)cc1-c1ccc(F)cc1)C(=O)NS(=O)(=O)Cc1ccccc1. The van der Waals surface area contributed by atoms with Gasteiger partial charge in [0, 0.05) is 24.5 Å². The van der Waals surface area contributed by atoms with Gasteiger partial charge in [-0.25, -0.2) is 22.2 Å². The topological polar surface area (TPSA) is 110 Å². The van der Waals surface area contributed by atoms with Crippen LogP contribution in [0.4, 0.5) is 8.78 Å². The number of halogens is 2. The highest BCUT2D eigenvalue weighted by Gasteiger charge is 2.26. The molecule has 1 aromatic heterocycles. The molecule has 0 radical (unpaired) electrons. The van der Waals surface area contributed by atoms with Crippen molar-refractivity contribution in [3.8, 4) is 11.1 Å². The summed E-state index contributed by atoms with van der Waals surface area (Å²) in [5, 5.41) is 2.73. The zero-order valence-electron chi connectivity index (χ0n) is 26.6. The zero-order valence-corrected chi connectivity index (χ0v) is 28.2. The standard InChI is InChI=1S/C37H34F2N4O4S2/c1-48-20-17-35(37(45)42-49(46,47)24-26-5-3-2-4-6-26)41-36(44)33-16-7-27(22-34(33)29-10-14-32(39)15-11-29)21-30(23-43-19-18-40-25-43)28-8-12-31(38)13-9-28/h2-16,18-19,21-22,25,35H,17,20,23-24H2,1H3,(H,41,44)(H,42,45)/b30-21+. The molecule has 5 aromatic rings. The Morgan fingerprint density at radius 1 is 0.939 bits per heavy atom. The Bertz CT molecular complexity index is 2020. The lowest BCUT2D eigenvalue weighted by Gasteiger charge is -2.20. The lowest BCUT2D eigenvalue weighted by Crippen LogP contribution is -2.49. The van der Waals surface area contributed by atoms with Gasteiger partial charge in [0.15, 0.2) is 0 Å². The van der Waals surface area contributed by atoms with Gasteiger partial charge in [-0.15, -0.1) is 0 Å². The van der Waals surface area contributed by atoms with Gasteiger partial charge in [-0.05, 0) is 94.3 Å². The maximum Gasteiger partial charge on any atom is 0.256 e. The van der Waals surface area contributed by atoms with Gasteiger partial charge in [-0.1, -0.05) is 60.7 Å². The summed E-state index contributed by atoms with van der Waals surface area (Å²) in [5.74, 6) is -2.17. The molecule has 0 aliphatic carbocycles. The summed E-state index contributed by atoms with van der Waals surface area (Å²) in [4.78, 5) is 31.3. The third-order valence-corrected chi connectivity index (χ3v) is 9.47. The predicted molar refractivity (Wildman–Crippen MR) is 190 cm³/mol. The van der Waals surface area contributed by atoms with Crippen molar-refractivity contribution in [3.63, 3.8) is 0 Å². The minimum atomic E-state index is -4.05. The van der Waals surface area contributed by atoms with Crippen LogP contribution in [0.15, 0.2) is 116 Å². The van der Waals surface area contributed by atoms with Gasteiger partial charge >= 0.3 is 0 Å². The van der Waals surface area contributed by atoms with Gasteiger partial charge in [-0.3, -0.25) is 14.3 Å². The molecule has 2 amide bonds. The molecule has 1 unspecified atom stereocenters. The van der Waals surface area contributed by atoms with Gasteiger partial charge in [0.2, 0.25) is 10.0 Å². The van der Waals surface area contributed by atoms with Crippen LogP contribution in [0.1, 0.15) is 33.5 Å². The van der Waals surface area contributed by atoms with E-state index in [0.717, 1.165) is 11.1 Å². The molecule has 0 fully saturated rings. The van der Waals surface area contributed by atoms with Crippen LogP contribution >= 0.6 is 11.8 Å². The van der Waals surface area contributed by atoms with Crippen molar-refractivity contribution in [2.75, 3.05) is 12.0 Å². The van der Waals surface area contributed by atoms with E-state index >= 15 is 0 Å². The summed E-state index contributed by atoms with van der Waals surface area (Å²) in [5.41, 5.74) is 4.06. The van der Waals surface area contributed by atoms with Crippen LogP contribution in [0.2, 0.25) is 0 Å². The summed E-state index contributed by atoms with van der Waals surface area (Å²) in [6.07, 6.45) is 9.08. The first-order valence-electron chi connectivity index (χ1n) is 15.3. The van der Waals surface area contributed by atoms with Gasteiger partial charge in [0.25, 0.3) is 11.8 Å². The summed E-state index contributed by atoms with van der Waals surface area (Å²) >= 11 is 1.45. The highest BCUT2D eigenvalue weighted by molar-refractivity contribution is 7.98. The molecular weight excluding hydrogens is 667 g/mol. The zero-order chi connectivity index (χ0) is 34.8. The van der Waals surface area contributed by atoms with Crippen LogP contribution in [0.25, 0.3) is 22.8 Å². The van der Waals surface area contributed by atoms with Crippen LogP contribution < -0.4 is 10.0 Å². The van der Waals surface area contributed by atoms with E-state index in [2.05, 4.69) is 15.0 Å². The molecule has 2 N–H and O–H groups in total. The number of carbonyl (C=O) groups is 2. The van der Waals surface area contributed by atoms with Gasteiger partial charge in [0.05, 0.1) is 12.1 Å². The second-order valence-electron chi connectivity index (χ2n) is 11.2. The molecule has 49 heavy (non-hydrogen) atoms. The van der Waals surface area contributed by atoms with Crippen LogP contribution in [-0.4, -0.2) is 47.8 Å². The first-order valence-corrected chi connectivity index (χ1v) is 18.3. The number of allylic oxidation sites excluding steroid dienone is 1. The van der Waals surface area contributed by atoms with Gasteiger partial charge in [-0.2, -0.15) is 11.8 Å². The van der Waals surface area contributed by atoms with Crippen molar-refractivity contribution in [2.45, 2.75) is 24.8 Å². The van der Waals surface area contributed by atoms with E-state index in [4.69, 9.17) is 0 Å². The molecule has 0 aliphatic rings. The highest BCUT2D eigenvalue weighted by Crippen LogP contribution is 2.29. The van der Waals surface area contributed by atoms with E-state index < -0.39 is 39.4 Å². The third-order valence-electron chi connectivity index (χ3n) is 7.60. The van der Waals surface area contributed by atoms with Crippen molar-refractivity contribution in [1.82, 2.24) is 19.6 Å². The molecule has 8 nitrogen and oxygen atoms in total. The first kappa shape index (κ1) is 35.2. The highest BCUT2D eigenvalue weighted by atomic mass is 32.2. The quantitative estimate of drug-likeness (QED) is 0.127. The maximum atomic E-state index is 13.9. The van der Waals surface area contributed by atoms with E-state index in [0.29, 0.717) is 34.6 Å². The van der Waals surface area contributed by atoms with E-state index in [9.17, 15) is 26.8 Å². The number of sulfonamides is 1. The second kappa shape index (κ2) is 16.4. The van der Waals surface area contributed by atoms with Gasteiger partial charge < -0.3 is 9.88 Å². The molecule has 0 bridgehead atoms. The summed E-state index contributed by atoms with van der Waals surface area (Å²) in [7, 11) is -4.05. The molecule has 5 rings (SSSR count). The Hall–Kier alpha value is -5.07. The third kappa shape index (κ3) is 9.97. The Labute approximate surface area is 288 Å². The maximum absolute atomic E-state index is 13.9. The summed E-state index contributed by atoms with van der Waals surface area (Å²) in [6, 6.07) is 24.2. The molecule has 1 heterocycles. The fraction of sp³-hybridized carbons (Fsp3) is 0.162. The minimum absolute atomic E-state index is 0.182. The average molecular weight is 701 g/mol. The van der Waals surface area contributed by atoms with Crippen molar-refractivity contribution >= 4 is 45.2 Å². The fourth-order valence-corrected chi connectivity index (χ4v) is 6.80. The van der Waals surface area contributed by atoms with Crippen molar-refractivity contribution in [1.29, 1.82) is 0 Å². The lowest BCUT2D eigenvalue weighted by atomic mass is 9.94. The number of imidazole rings is 1. The van der Waals surface area contributed by atoms with Crippen molar-refractivity contribution < 1.29 is 26.8 Å². The van der Waals surface area contributed by atoms with E-state index in [1.54, 1.807) is 85.3 Å². The molecule has 0 saturated carbocycles. The number of rotatable bonds is 14. The van der Waals surface area contributed by atoms with Crippen molar-refractivity contribution in [2.24, 2.45) is 0 Å². The van der Waals surface area contributed by atoms with E-state index in [1.165, 1.54) is 36.0 Å². The summed E-state index contributed by atoms with van der Waals surface area (Å²) in [6.45, 7) is 0.430. The molecule has 0 saturated heterocycles. The lowest BCUT2D eigenvalue weighted by molar-refractivity contribution is -0.121. The summed E-state index contributed by atoms with van der Waals surface area (Å²) < 4.78 is 57.4. The number of hydrogen-bond donors (Lipinski definition) is 2. The number of hydrogen-bond acceptors (Lipinski definition) is 6. The van der Waals surface area contributed by atoms with Crippen LogP contribution in [0, 0.1) is 11.6 Å². The smallest absolute Gasteiger partial charge is 0.256 e. The largest absolute Gasteiger partial charge is 0.340 e. The van der Waals surface area contributed by atoms with Gasteiger partial charge in [0.1, 0.15) is 17.7 Å². The number of nitrogens with one attached hydrogen (secondary N) is 2. The number of nitrogens with zero attached hydrogens (tertiary/aromatic N) is 2. The molecule has 0 aliphatic heterocycles. The van der Waals surface area contributed by atoms with Crippen LogP contribution in [-0.2, 0) is 27.1 Å².